The van der Waals surface area contributed by atoms with Gasteiger partial charge in [0, 0.05) is 34.2 Å². The van der Waals surface area contributed by atoms with Gasteiger partial charge in [0.2, 0.25) is 0 Å². The van der Waals surface area contributed by atoms with Crippen molar-refractivity contribution in [2.45, 2.75) is 32.9 Å². The number of rotatable bonds is 3. The lowest BCUT2D eigenvalue weighted by molar-refractivity contribution is 0.608. The summed E-state index contributed by atoms with van der Waals surface area (Å²) in [5.41, 5.74) is 2.56. The summed E-state index contributed by atoms with van der Waals surface area (Å²) in [6.45, 7) is 6.56. The van der Waals surface area contributed by atoms with Crippen molar-refractivity contribution >= 4 is 22.5 Å². The zero-order chi connectivity index (χ0) is 12.6. The highest BCUT2D eigenvalue weighted by Gasteiger charge is 2.14. The smallest absolute Gasteiger partial charge is 0.0487 e. The van der Waals surface area contributed by atoms with Crippen molar-refractivity contribution < 1.29 is 0 Å². The van der Waals surface area contributed by atoms with Gasteiger partial charge in [0.15, 0.2) is 0 Å². The Morgan fingerprint density at radius 3 is 2.53 bits per heavy atom. The van der Waals surface area contributed by atoms with Crippen LogP contribution in [0.5, 0.6) is 0 Å². The Labute approximate surface area is 108 Å². The molecule has 17 heavy (non-hydrogen) atoms. The Kier molecular flexibility index (Phi) is 3.45. The normalized spacial score (nSPS) is 13.5. The van der Waals surface area contributed by atoms with E-state index < -0.39 is 0 Å². The molecule has 0 radical (unpaired) electrons. The van der Waals surface area contributed by atoms with E-state index in [1.165, 1.54) is 16.5 Å². The van der Waals surface area contributed by atoms with Gasteiger partial charge in [0.1, 0.15) is 0 Å². The fourth-order valence-corrected chi connectivity index (χ4v) is 2.35. The van der Waals surface area contributed by atoms with Crippen LogP contribution in [-0.4, -0.2) is 11.6 Å². The van der Waals surface area contributed by atoms with Crippen LogP contribution in [0.4, 0.5) is 0 Å². The molecule has 2 rings (SSSR count). The Bertz CT molecular complexity index is 528. The SMILES string of the molecule is CNC(C)c1cn(C(C)C)c2ccc(Cl)cc12. The van der Waals surface area contributed by atoms with Gasteiger partial charge in [-0.05, 0) is 51.6 Å². The van der Waals surface area contributed by atoms with Crippen molar-refractivity contribution in [1.29, 1.82) is 0 Å². The quantitative estimate of drug-likeness (QED) is 0.866. The molecule has 1 aromatic carbocycles. The summed E-state index contributed by atoms with van der Waals surface area (Å²) in [6, 6.07) is 6.89. The molecule has 0 amide bonds. The van der Waals surface area contributed by atoms with Gasteiger partial charge in [-0.1, -0.05) is 11.6 Å². The maximum Gasteiger partial charge on any atom is 0.0487 e. The van der Waals surface area contributed by atoms with Gasteiger partial charge in [-0.25, -0.2) is 0 Å². The van der Waals surface area contributed by atoms with Crippen molar-refractivity contribution in [3.8, 4) is 0 Å². The second kappa shape index (κ2) is 4.71. The molecule has 0 fully saturated rings. The van der Waals surface area contributed by atoms with Crippen LogP contribution in [0.25, 0.3) is 10.9 Å². The first-order valence-electron chi connectivity index (χ1n) is 6.02. The average Bonchev–Trinajstić information content (AvgIpc) is 2.66. The highest BCUT2D eigenvalue weighted by Crippen LogP contribution is 2.30. The van der Waals surface area contributed by atoms with Crippen molar-refractivity contribution in [3.63, 3.8) is 0 Å². The van der Waals surface area contributed by atoms with Crippen molar-refractivity contribution in [3.05, 3.63) is 35.0 Å². The van der Waals surface area contributed by atoms with Crippen LogP contribution >= 0.6 is 11.6 Å². The molecular weight excluding hydrogens is 232 g/mol. The standard InChI is InChI=1S/C14H19ClN2/c1-9(2)17-8-13(10(3)16-4)12-7-11(15)5-6-14(12)17/h5-10,16H,1-4H3. The van der Waals surface area contributed by atoms with Gasteiger partial charge in [-0.3, -0.25) is 0 Å². The largest absolute Gasteiger partial charge is 0.345 e. The lowest BCUT2D eigenvalue weighted by Gasteiger charge is -2.09. The number of halogens is 1. The molecule has 1 unspecified atom stereocenters. The Morgan fingerprint density at radius 2 is 1.94 bits per heavy atom. The summed E-state index contributed by atoms with van der Waals surface area (Å²) in [5, 5.41) is 5.33. The van der Waals surface area contributed by atoms with Crippen LogP contribution in [-0.2, 0) is 0 Å². The number of hydrogen-bond donors (Lipinski definition) is 1. The number of hydrogen-bond acceptors (Lipinski definition) is 1. The molecule has 0 saturated heterocycles. The molecule has 0 aliphatic rings. The van der Waals surface area contributed by atoms with Gasteiger partial charge in [-0.15, -0.1) is 0 Å². The van der Waals surface area contributed by atoms with E-state index in [4.69, 9.17) is 11.6 Å². The van der Waals surface area contributed by atoms with E-state index in [0.29, 0.717) is 12.1 Å². The topological polar surface area (TPSA) is 17.0 Å². The van der Waals surface area contributed by atoms with E-state index in [2.05, 4.69) is 49.0 Å². The highest BCUT2D eigenvalue weighted by atomic mass is 35.5. The predicted molar refractivity (Wildman–Crippen MR) is 74.8 cm³/mol. The molecule has 2 aromatic rings. The first kappa shape index (κ1) is 12.5. The van der Waals surface area contributed by atoms with Crippen molar-refractivity contribution in [1.82, 2.24) is 9.88 Å². The predicted octanol–water partition coefficient (Wildman–Crippen LogP) is 4.16. The van der Waals surface area contributed by atoms with Crippen molar-refractivity contribution in [2.24, 2.45) is 0 Å². The Balaban J connectivity index is 2.71. The summed E-state index contributed by atoms with van der Waals surface area (Å²) in [6.07, 6.45) is 2.23. The zero-order valence-corrected chi connectivity index (χ0v) is 11.5. The van der Waals surface area contributed by atoms with Crippen LogP contribution < -0.4 is 5.32 Å². The fraction of sp³-hybridized carbons (Fsp3) is 0.429. The molecular formula is C14H19ClN2. The molecule has 1 aromatic heterocycles. The van der Waals surface area contributed by atoms with Crippen LogP contribution in [0.2, 0.25) is 5.02 Å². The summed E-state index contributed by atoms with van der Waals surface area (Å²) >= 11 is 6.10. The lowest BCUT2D eigenvalue weighted by atomic mass is 10.1. The van der Waals surface area contributed by atoms with E-state index in [-0.39, 0.29) is 0 Å². The third kappa shape index (κ3) is 2.20. The van der Waals surface area contributed by atoms with E-state index in [1.807, 2.05) is 13.1 Å². The molecule has 1 heterocycles. The number of benzene rings is 1. The molecule has 0 bridgehead atoms. The van der Waals surface area contributed by atoms with Crippen LogP contribution in [0.15, 0.2) is 24.4 Å². The van der Waals surface area contributed by atoms with Gasteiger partial charge < -0.3 is 9.88 Å². The molecule has 2 nitrogen and oxygen atoms in total. The van der Waals surface area contributed by atoms with Gasteiger partial charge >= 0.3 is 0 Å². The monoisotopic (exact) mass is 250 g/mol. The molecule has 0 aliphatic heterocycles. The fourth-order valence-electron chi connectivity index (χ4n) is 2.18. The second-order valence-electron chi connectivity index (χ2n) is 4.76. The minimum Gasteiger partial charge on any atom is -0.345 e. The second-order valence-corrected chi connectivity index (χ2v) is 5.19. The average molecular weight is 251 g/mol. The maximum absolute atomic E-state index is 6.10. The van der Waals surface area contributed by atoms with E-state index in [0.717, 1.165) is 5.02 Å². The van der Waals surface area contributed by atoms with Crippen LogP contribution in [0.1, 0.15) is 38.4 Å². The Hall–Kier alpha value is -0.990. The maximum atomic E-state index is 6.10. The van der Waals surface area contributed by atoms with Crippen LogP contribution in [0, 0.1) is 0 Å². The molecule has 1 N–H and O–H groups in total. The molecule has 0 aliphatic carbocycles. The number of nitrogens with one attached hydrogen (secondary N) is 1. The lowest BCUT2D eigenvalue weighted by Crippen LogP contribution is -2.11. The third-order valence-corrected chi connectivity index (χ3v) is 3.52. The minimum atomic E-state index is 0.330. The molecule has 3 heteroatoms. The van der Waals surface area contributed by atoms with Crippen LogP contribution in [0.3, 0.4) is 0 Å². The molecule has 0 saturated carbocycles. The van der Waals surface area contributed by atoms with Crippen molar-refractivity contribution in [2.75, 3.05) is 7.05 Å². The molecule has 1 atom stereocenters. The van der Waals surface area contributed by atoms with Gasteiger partial charge in [-0.2, -0.15) is 0 Å². The van der Waals surface area contributed by atoms with E-state index in [1.54, 1.807) is 0 Å². The van der Waals surface area contributed by atoms with Gasteiger partial charge in [0.05, 0.1) is 0 Å². The number of nitrogens with zero attached hydrogens (tertiary/aromatic N) is 1. The first-order chi connectivity index (χ1) is 8.04. The summed E-state index contributed by atoms with van der Waals surface area (Å²) in [7, 11) is 1.98. The number of fused-ring (bicyclic) bond motifs is 1. The summed E-state index contributed by atoms with van der Waals surface area (Å²) in [4.78, 5) is 0. The number of aromatic nitrogens is 1. The highest BCUT2D eigenvalue weighted by molar-refractivity contribution is 6.31. The zero-order valence-electron chi connectivity index (χ0n) is 10.8. The summed E-state index contributed by atoms with van der Waals surface area (Å²) in [5.74, 6) is 0. The van der Waals surface area contributed by atoms with E-state index >= 15 is 0 Å². The minimum absolute atomic E-state index is 0.330. The first-order valence-corrected chi connectivity index (χ1v) is 6.39. The third-order valence-electron chi connectivity index (χ3n) is 3.28. The van der Waals surface area contributed by atoms with E-state index in [9.17, 15) is 0 Å². The van der Waals surface area contributed by atoms with Gasteiger partial charge in [0.25, 0.3) is 0 Å². The molecule has 0 spiro atoms. The summed E-state index contributed by atoms with van der Waals surface area (Å²) < 4.78 is 2.30. The molecule has 92 valence electrons. The Morgan fingerprint density at radius 1 is 1.24 bits per heavy atom.